The molecule has 2 aliphatic rings. The third-order valence-corrected chi connectivity index (χ3v) is 3.25. The van der Waals surface area contributed by atoms with Gasteiger partial charge in [0.1, 0.15) is 0 Å². The molecule has 102 valence electrons. The number of carbonyl (C=O) groups is 1. The average Bonchev–Trinajstić information content (AvgIpc) is 3.04. The summed E-state index contributed by atoms with van der Waals surface area (Å²) in [6.07, 6.45) is 2.25. The number of carbonyl (C=O) groups excluding carboxylic acids is 1. The summed E-state index contributed by atoms with van der Waals surface area (Å²) in [7, 11) is 1.94. The van der Waals surface area contributed by atoms with Crippen LogP contribution in [0.5, 0.6) is 11.5 Å². The van der Waals surface area contributed by atoms with E-state index >= 15 is 0 Å². The van der Waals surface area contributed by atoms with Crippen molar-refractivity contribution in [3.63, 3.8) is 0 Å². The Balaban J connectivity index is 1.53. The summed E-state index contributed by atoms with van der Waals surface area (Å²) in [4.78, 5) is 13.7. The molecule has 0 atom stereocenters. The van der Waals surface area contributed by atoms with Crippen LogP contribution < -0.4 is 14.8 Å². The summed E-state index contributed by atoms with van der Waals surface area (Å²) >= 11 is 0. The van der Waals surface area contributed by atoms with Crippen LogP contribution in [-0.4, -0.2) is 37.2 Å². The topological polar surface area (TPSA) is 50.8 Å². The zero-order chi connectivity index (χ0) is 13.2. The number of hydrogen-bond acceptors (Lipinski definition) is 4. The molecular formula is C14H18N2O3. The number of rotatable bonds is 5. The van der Waals surface area contributed by atoms with Gasteiger partial charge >= 0.3 is 0 Å². The Hall–Kier alpha value is -1.75. The number of nitrogens with zero attached hydrogens (tertiary/aromatic N) is 1. The molecule has 1 fully saturated rings. The zero-order valence-electron chi connectivity index (χ0n) is 11.0. The fraction of sp³-hybridized carbons (Fsp3) is 0.500. The Labute approximate surface area is 112 Å². The second kappa shape index (κ2) is 5.09. The van der Waals surface area contributed by atoms with Gasteiger partial charge in [0.25, 0.3) is 0 Å². The Bertz CT molecular complexity index is 486. The third kappa shape index (κ3) is 3.17. The van der Waals surface area contributed by atoms with Gasteiger partial charge in [-0.1, -0.05) is 6.07 Å². The summed E-state index contributed by atoms with van der Waals surface area (Å²) in [6, 6.07) is 6.31. The summed E-state index contributed by atoms with van der Waals surface area (Å²) in [5.41, 5.74) is 1.12. The van der Waals surface area contributed by atoms with Crippen LogP contribution in [0.15, 0.2) is 18.2 Å². The predicted molar refractivity (Wildman–Crippen MR) is 70.1 cm³/mol. The first-order valence-electron chi connectivity index (χ1n) is 6.57. The fourth-order valence-electron chi connectivity index (χ4n) is 2.15. The first-order valence-corrected chi connectivity index (χ1v) is 6.57. The molecule has 0 spiro atoms. The van der Waals surface area contributed by atoms with E-state index in [9.17, 15) is 4.79 Å². The number of hydrogen-bond donors (Lipinski definition) is 1. The highest BCUT2D eigenvalue weighted by atomic mass is 16.7. The lowest BCUT2D eigenvalue weighted by molar-refractivity contribution is -0.122. The second-order valence-electron chi connectivity index (χ2n) is 5.20. The maximum Gasteiger partial charge on any atom is 0.234 e. The van der Waals surface area contributed by atoms with Crippen LogP contribution in [0.3, 0.4) is 0 Å². The molecule has 1 amide bonds. The van der Waals surface area contributed by atoms with Crippen molar-refractivity contribution < 1.29 is 14.3 Å². The van der Waals surface area contributed by atoms with Crippen LogP contribution in [0.4, 0.5) is 0 Å². The molecule has 5 nitrogen and oxygen atoms in total. The van der Waals surface area contributed by atoms with Gasteiger partial charge in [-0.2, -0.15) is 0 Å². The van der Waals surface area contributed by atoms with Gasteiger partial charge in [0, 0.05) is 12.6 Å². The molecule has 1 aromatic rings. The standard InChI is InChI=1S/C14H18N2O3/c1-16(8-14(17)15-11-3-4-11)7-10-2-5-12-13(6-10)19-9-18-12/h2,5-6,11H,3-4,7-9H2,1H3,(H,15,17). The first-order chi connectivity index (χ1) is 9.20. The summed E-state index contributed by atoms with van der Waals surface area (Å²) < 4.78 is 10.6. The Morgan fingerprint density at radius 1 is 1.37 bits per heavy atom. The van der Waals surface area contributed by atoms with E-state index in [1.807, 2.05) is 30.1 Å². The van der Waals surface area contributed by atoms with Gasteiger partial charge in [0.15, 0.2) is 11.5 Å². The Kier molecular flexibility index (Phi) is 3.29. The number of amides is 1. The van der Waals surface area contributed by atoms with Crippen LogP contribution in [0.25, 0.3) is 0 Å². The van der Waals surface area contributed by atoms with Gasteiger partial charge in [-0.3, -0.25) is 9.69 Å². The molecular weight excluding hydrogens is 244 g/mol. The molecule has 19 heavy (non-hydrogen) atoms. The summed E-state index contributed by atoms with van der Waals surface area (Å²) in [6.45, 7) is 1.43. The van der Waals surface area contributed by atoms with E-state index in [-0.39, 0.29) is 5.91 Å². The molecule has 1 N–H and O–H groups in total. The molecule has 0 aromatic heterocycles. The van der Waals surface area contributed by atoms with Gasteiger partial charge < -0.3 is 14.8 Å². The monoisotopic (exact) mass is 262 g/mol. The molecule has 3 rings (SSSR count). The molecule has 1 saturated carbocycles. The van der Waals surface area contributed by atoms with Gasteiger partial charge in [-0.25, -0.2) is 0 Å². The summed E-state index contributed by atoms with van der Waals surface area (Å²) in [5, 5.41) is 2.99. The van der Waals surface area contributed by atoms with Crippen LogP contribution in [0.2, 0.25) is 0 Å². The van der Waals surface area contributed by atoms with Crippen molar-refractivity contribution in [3.8, 4) is 11.5 Å². The maximum absolute atomic E-state index is 11.7. The number of fused-ring (bicyclic) bond motifs is 1. The van der Waals surface area contributed by atoms with E-state index < -0.39 is 0 Å². The van der Waals surface area contributed by atoms with Crippen molar-refractivity contribution in [1.29, 1.82) is 0 Å². The fourth-order valence-corrected chi connectivity index (χ4v) is 2.15. The third-order valence-electron chi connectivity index (χ3n) is 3.25. The van der Waals surface area contributed by atoms with Crippen LogP contribution in [-0.2, 0) is 11.3 Å². The molecule has 5 heteroatoms. The Morgan fingerprint density at radius 3 is 2.95 bits per heavy atom. The van der Waals surface area contributed by atoms with Crippen molar-refractivity contribution in [2.75, 3.05) is 20.4 Å². The van der Waals surface area contributed by atoms with Crippen LogP contribution >= 0.6 is 0 Å². The second-order valence-corrected chi connectivity index (χ2v) is 5.20. The highest BCUT2D eigenvalue weighted by molar-refractivity contribution is 5.78. The lowest BCUT2D eigenvalue weighted by Gasteiger charge is -2.16. The largest absolute Gasteiger partial charge is 0.454 e. The highest BCUT2D eigenvalue weighted by Gasteiger charge is 2.23. The van der Waals surface area contributed by atoms with Gasteiger partial charge in [-0.05, 0) is 37.6 Å². The maximum atomic E-state index is 11.7. The molecule has 0 radical (unpaired) electrons. The minimum Gasteiger partial charge on any atom is -0.454 e. The molecule has 0 bridgehead atoms. The van der Waals surface area contributed by atoms with Crippen molar-refractivity contribution in [3.05, 3.63) is 23.8 Å². The number of benzene rings is 1. The zero-order valence-corrected chi connectivity index (χ0v) is 11.0. The molecule has 1 heterocycles. The van der Waals surface area contributed by atoms with E-state index in [0.717, 1.165) is 29.9 Å². The molecule has 1 aliphatic carbocycles. The average molecular weight is 262 g/mol. The highest BCUT2D eigenvalue weighted by Crippen LogP contribution is 2.32. The van der Waals surface area contributed by atoms with E-state index in [1.54, 1.807) is 0 Å². The molecule has 0 saturated heterocycles. The van der Waals surface area contributed by atoms with Crippen molar-refractivity contribution >= 4 is 5.91 Å². The Morgan fingerprint density at radius 2 is 2.16 bits per heavy atom. The molecule has 1 aromatic carbocycles. The number of ether oxygens (including phenoxy) is 2. The molecule has 1 aliphatic heterocycles. The van der Waals surface area contributed by atoms with E-state index in [4.69, 9.17) is 9.47 Å². The smallest absolute Gasteiger partial charge is 0.234 e. The van der Waals surface area contributed by atoms with Crippen LogP contribution in [0.1, 0.15) is 18.4 Å². The molecule has 0 unspecified atom stereocenters. The van der Waals surface area contributed by atoms with Crippen molar-refractivity contribution in [2.24, 2.45) is 0 Å². The number of likely N-dealkylation sites (N-methyl/N-ethyl adjacent to an activating group) is 1. The first kappa shape index (κ1) is 12.3. The van der Waals surface area contributed by atoms with Gasteiger partial charge in [0.2, 0.25) is 12.7 Å². The van der Waals surface area contributed by atoms with Crippen LogP contribution in [0, 0.1) is 0 Å². The quantitative estimate of drug-likeness (QED) is 0.864. The normalized spacial score (nSPS) is 16.7. The van der Waals surface area contributed by atoms with Crippen molar-refractivity contribution in [2.45, 2.75) is 25.4 Å². The lowest BCUT2D eigenvalue weighted by Crippen LogP contribution is -2.35. The van der Waals surface area contributed by atoms with Crippen molar-refractivity contribution in [1.82, 2.24) is 10.2 Å². The van der Waals surface area contributed by atoms with E-state index in [2.05, 4.69) is 5.32 Å². The number of nitrogens with one attached hydrogen (secondary N) is 1. The van der Waals surface area contributed by atoms with Gasteiger partial charge in [-0.15, -0.1) is 0 Å². The van der Waals surface area contributed by atoms with Gasteiger partial charge in [0.05, 0.1) is 6.54 Å². The predicted octanol–water partition coefficient (Wildman–Crippen LogP) is 1.13. The minimum absolute atomic E-state index is 0.103. The minimum atomic E-state index is 0.103. The SMILES string of the molecule is CN(CC(=O)NC1CC1)Cc1ccc2c(c1)OCO2. The summed E-state index contributed by atoms with van der Waals surface area (Å²) in [5.74, 6) is 1.68. The van der Waals surface area contributed by atoms with E-state index in [1.165, 1.54) is 0 Å². The van der Waals surface area contributed by atoms with E-state index in [0.29, 0.717) is 25.9 Å². The lowest BCUT2D eigenvalue weighted by atomic mass is 10.2.